The second-order valence-electron chi connectivity index (χ2n) is 8.64. The van der Waals surface area contributed by atoms with Gasteiger partial charge >= 0.3 is 6.09 Å². The fraction of sp³-hybridized carbons (Fsp3) is 0.417. The standard InChI is InChI=1S/C24H25FN2O6/c1-31-16-4-2-15(3-5-16)12-27-21(28)9-6-17-19(8-7-18(25)22(17)27)32-14-24-10-11-26(23(29)30)13-20(24)33-24/h2-5,7-8,20H,6,9-14H2,1H3,(H,29,30). The van der Waals surface area contributed by atoms with Crippen LogP contribution < -0.4 is 14.4 Å². The van der Waals surface area contributed by atoms with Crippen molar-refractivity contribution in [1.29, 1.82) is 0 Å². The molecule has 2 amide bonds. The zero-order valence-electron chi connectivity index (χ0n) is 18.3. The first-order chi connectivity index (χ1) is 15.9. The first-order valence-corrected chi connectivity index (χ1v) is 10.9. The van der Waals surface area contributed by atoms with Crippen molar-refractivity contribution in [2.75, 3.05) is 31.7 Å². The second kappa shape index (κ2) is 8.22. The number of carbonyl (C=O) groups excluding carboxylic acids is 1. The van der Waals surface area contributed by atoms with Gasteiger partial charge in [0.25, 0.3) is 0 Å². The van der Waals surface area contributed by atoms with Gasteiger partial charge < -0.3 is 29.1 Å². The fourth-order valence-corrected chi connectivity index (χ4v) is 4.69. The summed E-state index contributed by atoms with van der Waals surface area (Å²) in [6.07, 6.45) is 0.0711. The largest absolute Gasteiger partial charge is 0.497 e. The van der Waals surface area contributed by atoms with Gasteiger partial charge in [0.1, 0.15) is 35.6 Å². The molecule has 3 aliphatic rings. The average molecular weight is 456 g/mol. The van der Waals surface area contributed by atoms with Crippen LogP contribution in [0.25, 0.3) is 0 Å². The maximum atomic E-state index is 14.9. The first kappa shape index (κ1) is 21.5. The summed E-state index contributed by atoms with van der Waals surface area (Å²) in [5.41, 5.74) is 1.28. The van der Waals surface area contributed by atoms with E-state index in [1.54, 1.807) is 13.2 Å². The number of hydrogen-bond donors (Lipinski definition) is 1. The van der Waals surface area contributed by atoms with E-state index in [0.717, 1.165) is 5.56 Å². The van der Waals surface area contributed by atoms with E-state index < -0.39 is 17.5 Å². The second-order valence-corrected chi connectivity index (χ2v) is 8.64. The van der Waals surface area contributed by atoms with Crippen LogP contribution in [0, 0.1) is 5.82 Å². The Labute approximate surface area is 190 Å². The maximum Gasteiger partial charge on any atom is 0.407 e. The van der Waals surface area contributed by atoms with Crippen molar-refractivity contribution < 1.29 is 33.3 Å². The quantitative estimate of drug-likeness (QED) is 0.672. The molecule has 174 valence electrons. The Morgan fingerprint density at radius 3 is 2.73 bits per heavy atom. The molecular weight excluding hydrogens is 431 g/mol. The van der Waals surface area contributed by atoms with Crippen LogP contribution in [0.5, 0.6) is 11.5 Å². The number of benzene rings is 2. The molecule has 3 aliphatic heterocycles. The monoisotopic (exact) mass is 456 g/mol. The third-order valence-corrected chi connectivity index (χ3v) is 6.69. The predicted molar refractivity (Wildman–Crippen MR) is 116 cm³/mol. The summed E-state index contributed by atoms with van der Waals surface area (Å²) in [6, 6.07) is 10.2. The third-order valence-electron chi connectivity index (χ3n) is 6.69. The summed E-state index contributed by atoms with van der Waals surface area (Å²) in [5.74, 6) is 0.634. The Morgan fingerprint density at radius 2 is 2.03 bits per heavy atom. The molecule has 5 rings (SSSR count). The number of hydrogen-bond acceptors (Lipinski definition) is 5. The Balaban J connectivity index is 1.34. The number of likely N-dealkylation sites (tertiary alicyclic amines) is 1. The minimum absolute atomic E-state index is 0.139. The molecule has 0 bridgehead atoms. The summed E-state index contributed by atoms with van der Waals surface area (Å²) in [7, 11) is 1.58. The number of halogens is 1. The SMILES string of the molecule is COc1ccc(CN2C(=O)CCc3c(OCC45CCN(C(=O)O)CC4O5)ccc(F)c32)cc1. The lowest BCUT2D eigenvalue weighted by Crippen LogP contribution is -2.44. The van der Waals surface area contributed by atoms with Crippen LogP contribution in [-0.4, -0.2) is 60.5 Å². The minimum Gasteiger partial charge on any atom is -0.497 e. The molecule has 1 N–H and O–H groups in total. The van der Waals surface area contributed by atoms with Gasteiger partial charge in [0.15, 0.2) is 0 Å². The van der Waals surface area contributed by atoms with Gasteiger partial charge in [0.05, 0.1) is 25.9 Å². The van der Waals surface area contributed by atoms with E-state index in [4.69, 9.17) is 19.3 Å². The molecule has 2 unspecified atom stereocenters. The van der Waals surface area contributed by atoms with E-state index in [-0.39, 0.29) is 37.3 Å². The van der Waals surface area contributed by atoms with Crippen molar-refractivity contribution in [3.63, 3.8) is 0 Å². The lowest BCUT2D eigenvalue weighted by atomic mass is 9.97. The number of piperidine rings is 1. The number of carboxylic acid groups (broad SMARTS) is 1. The van der Waals surface area contributed by atoms with Crippen molar-refractivity contribution >= 4 is 17.7 Å². The highest BCUT2D eigenvalue weighted by Gasteiger charge is 2.60. The molecule has 33 heavy (non-hydrogen) atoms. The van der Waals surface area contributed by atoms with Gasteiger partial charge in [-0.05, 0) is 36.2 Å². The lowest BCUT2D eigenvalue weighted by Gasteiger charge is -2.31. The summed E-state index contributed by atoms with van der Waals surface area (Å²) in [4.78, 5) is 26.7. The minimum atomic E-state index is -0.950. The smallest absolute Gasteiger partial charge is 0.407 e. The number of methoxy groups -OCH3 is 1. The van der Waals surface area contributed by atoms with Gasteiger partial charge in [-0.2, -0.15) is 0 Å². The molecule has 2 fully saturated rings. The average Bonchev–Trinajstić information content (AvgIpc) is 3.54. The Kier molecular flexibility index (Phi) is 5.36. The number of anilines is 1. The highest BCUT2D eigenvalue weighted by atomic mass is 19.1. The number of fused-ring (bicyclic) bond motifs is 2. The summed E-state index contributed by atoms with van der Waals surface area (Å²) in [5, 5.41) is 9.17. The predicted octanol–water partition coefficient (Wildman–Crippen LogP) is 3.21. The summed E-state index contributed by atoms with van der Waals surface area (Å²) >= 11 is 0. The van der Waals surface area contributed by atoms with Crippen LogP contribution in [0.4, 0.5) is 14.9 Å². The molecule has 9 heteroatoms. The first-order valence-electron chi connectivity index (χ1n) is 10.9. The molecule has 0 radical (unpaired) electrons. The highest BCUT2D eigenvalue weighted by Crippen LogP contribution is 2.45. The van der Waals surface area contributed by atoms with Crippen LogP contribution in [-0.2, 0) is 22.5 Å². The third kappa shape index (κ3) is 3.97. The maximum absolute atomic E-state index is 14.9. The van der Waals surface area contributed by atoms with Gasteiger partial charge in [-0.1, -0.05) is 12.1 Å². The highest BCUT2D eigenvalue weighted by molar-refractivity contribution is 5.97. The van der Waals surface area contributed by atoms with Gasteiger partial charge in [-0.15, -0.1) is 0 Å². The summed E-state index contributed by atoms with van der Waals surface area (Å²) in [6.45, 7) is 1.22. The molecule has 0 aliphatic carbocycles. The molecule has 3 heterocycles. The van der Waals surface area contributed by atoms with Crippen LogP contribution in [0.3, 0.4) is 0 Å². The normalized spacial score (nSPS) is 23.6. The van der Waals surface area contributed by atoms with E-state index in [1.165, 1.54) is 15.9 Å². The Bertz CT molecular complexity index is 1090. The molecule has 0 aromatic heterocycles. The molecule has 0 spiro atoms. The Morgan fingerprint density at radius 1 is 1.24 bits per heavy atom. The van der Waals surface area contributed by atoms with E-state index in [9.17, 15) is 14.0 Å². The van der Waals surface area contributed by atoms with Gasteiger partial charge in [-0.3, -0.25) is 4.79 Å². The summed E-state index contributed by atoms with van der Waals surface area (Å²) < 4.78 is 32.0. The number of nitrogens with zero attached hydrogens (tertiary/aromatic N) is 2. The number of epoxide rings is 1. The Hall–Kier alpha value is -3.33. The molecule has 2 atom stereocenters. The van der Waals surface area contributed by atoms with Crippen molar-refractivity contribution in [2.24, 2.45) is 0 Å². The van der Waals surface area contributed by atoms with Crippen molar-refractivity contribution in [1.82, 2.24) is 4.90 Å². The van der Waals surface area contributed by atoms with Crippen molar-refractivity contribution in [3.05, 3.63) is 53.3 Å². The fourth-order valence-electron chi connectivity index (χ4n) is 4.69. The zero-order chi connectivity index (χ0) is 23.2. The van der Waals surface area contributed by atoms with Crippen LogP contribution in [0.1, 0.15) is 24.0 Å². The number of amides is 2. The number of carbonyl (C=O) groups is 2. The van der Waals surface area contributed by atoms with Gasteiger partial charge in [0, 0.05) is 24.9 Å². The number of rotatable bonds is 6. The van der Waals surface area contributed by atoms with Crippen LogP contribution in [0.2, 0.25) is 0 Å². The van der Waals surface area contributed by atoms with E-state index in [1.807, 2.05) is 24.3 Å². The van der Waals surface area contributed by atoms with E-state index in [2.05, 4.69) is 0 Å². The van der Waals surface area contributed by atoms with Crippen LogP contribution in [0.15, 0.2) is 36.4 Å². The van der Waals surface area contributed by atoms with Crippen molar-refractivity contribution in [2.45, 2.75) is 37.5 Å². The lowest BCUT2D eigenvalue weighted by molar-refractivity contribution is -0.119. The van der Waals surface area contributed by atoms with E-state index in [0.29, 0.717) is 43.0 Å². The molecule has 2 aromatic rings. The molecule has 0 saturated carbocycles. The van der Waals surface area contributed by atoms with Gasteiger partial charge in [0.2, 0.25) is 5.91 Å². The molecule has 2 saturated heterocycles. The van der Waals surface area contributed by atoms with Gasteiger partial charge in [-0.25, -0.2) is 9.18 Å². The zero-order valence-corrected chi connectivity index (χ0v) is 18.3. The molecular formula is C24H25FN2O6. The van der Waals surface area contributed by atoms with E-state index >= 15 is 0 Å². The molecule has 8 nitrogen and oxygen atoms in total. The topological polar surface area (TPSA) is 91.8 Å². The van der Waals surface area contributed by atoms with Crippen molar-refractivity contribution in [3.8, 4) is 11.5 Å². The van der Waals surface area contributed by atoms with Crippen LogP contribution >= 0.6 is 0 Å². The molecule has 2 aromatic carbocycles. The number of ether oxygens (including phenoxy) is 3.